The van der Waals surface area contributed by atoms with Crippen LogP contribution in [0.15, 0.2) is 42.5 Å². The maximum Gasteiger partial charge on any atom is 0.236 e. The van der Waals surface area contributed by atoms with Gasteiger partial charge in [-0.05, 0) is 55.6 Å². The molecule has 2 aromatic carbocycles. The number of hydrogen-bond donors (Lipinski definition) is 0. The van der Waals surface area contributed by atoms with Gasteiger partial charge < -0.3 is 4.90 Å². The standard InChI is InChI=1S/C22H26N2O2/c25-21(16-23-11-3-4-12-23)24-13-5-8-20(15-24)22(26)19-10-9-17-6-1-2-7-18(17)14-19/h1-2,6-7,9-10,14,20H,3-5,8,11-13,15-16H2. The predicted octanol–water partition coefficient (Wildman–Crippen LogP) is 3.36. The highest BCUT2D eigenvalue weighted by molar-refractivity contribution is 6.01. The van der Waals surface area contributed by atoms with E-state index in [0.29, 0.717) is 13.1 Å². The van der Waals surface area contributed by atoms with Crippen molar-refractivity contribution in [3.63, 3.8) is 0 Å². The van der Waals surface area contributed by atoms with Gasteiger partial charge in [0.1, 0.15) is 0 Å². The van der Waals surface area contributed by atoms with Crippen molar-refractivity contribution in [3.05, 3.63) is 48.0 Å². The molecule has 2 aliphatic heterocycles. The summed E-state index contributed by atoms with van der Waals surface area (Å²) < 4.78 is 0. The maximum atomic E-state index is 13.0. The number of piperidine rings is 1. The molecule has 2 aromatic rings. The van der Waals surface area contributed by atoms with Crippen molar-refractivity contribution in [2.75, 3.05) is 32.7 Å². The fraction of sp³-hybridized carbons (Fsp3) is 0.455. The summed E-state index contributed by atoms with van der Waals surface area (Å²) in [4.78, 5) is 29.8. The number of nitrogens with zero attached hydrogens (tertiary/aromatic N) is 2. The van der Waals surface area contributed by atoms with Crippen LogP contribution in [0.5, 0.6) is 0 Å². The van der Waals surface area contributed by atoms with Gasteiger partial charge in [-0.2, -0.15) is 0 Å². The molecule has 0 saturated carbocycles. The lowest BCUT2D eigenvalue weighted by molar-refractivity contribution is -0.133. The molecule has 1 unspecified atom stereocenters. The first kappa shape index (κ1) is 17.2. The molecular weight excluding hydrogens is 324 g/mol. The van der Waals surface area contributed by atoms with Crippen LogP contribution in [0.3, 0.4) is 0 Å². The molecule has 2 saturated heterocycles. The molecule has 4 heteroatoms. The van der Waals surface area contributed by atoms with Crippen LogP contribution < -0.4 is 0 Å². The van der Waals surface area contributed by atoms with E-state index in [4.69, 9.17) is 0 Å². The Hall–Kier alpha value is -2.20. The van der Waals surface area contributed by atoms with Gasteiger partial charge in [0.25, 0.3) is 0 Å². The first-order valence-electron chi connectivity index (χ1n) is 9.74. The summed E-state index contributed by atoms with van der Waals surface area (Å²) in [6, 6.07) is 14.0. The molecule has 26 heavy (non-hydrogen) atoms. The van der Waals surface area contributed by atoms with E-state index in [0.717, 1.165) is 48.8 Å². The van der Waals surface area contributed by atoms with Gasteiger partial charge in [0.2, 0.25) is 5.91 Å². The molecule has 4 rings (SSSR count). The van der Waals surface area contributed by atoms with Crippen LogP contribution in [0.2, 0.25) is 0 Å². The minimum atomic E-state index is -0.0764. The first-order valence-corrected chi connectivity index (χ1v) is 9.74. The highest BCUT2D eigenvalue weighted by atomic mass is 16.2. The van der Waals surface area contributed by atoms with Crippen LogP contribution in [-0.2, 0) is 4.79 Å². The molecule has 0 spiro atoms. The summed E-state index contributed by atoms with van der Waals surface area (Å²) in [5.74, 6) is 0.282. The summed E-state index contributed by atoms with van der Waals surface area (Å²) in [5.41, 5.74) is 0.766. The van der Waals surface area contributed by atoms with Gasteiger partial charge in [-0.15, -0.1) is 0 Å². The van der Waals surface area contributed by atoms with Crippen molar-refractivity contribution >= 4 is 22.5 Å². The van der Waals surface area contributed by atoms with Gasteiger partial charge in [-0.3, -0.25) is 14.5 Å². The number of benzene rings is 2. The molecule has 0 bridgehead atoms. The molecule has 2 fully saturated rings. The number of carbonyl (C=O) groups is 2. The Balaban J connectivity index is 1.44. The normalized spacial score (nSPS) is 21.2. The first-order chi connectivity index (χ1) is 12.7. The van der Waals surface area contributed by atoms with Crippen LogP contribution in [0, 0.1) is 5.92 Å². The van der Waals surface area contributed by atoms with E-state index in [2.05, 4.69) is 11.0 Å². The second-order valence-corrected chi connectivity index (χ2v) is 7.59. The number of likely N-dealkylation sites (tertiary alicyclic amines) is 2. The van der Waals surface area contributed by atoms with Gasteiger partial charge in [0.15, 0.2) is 5.78 Å². The smallest absolute Gasteiger partial charge is 0.236 e. The fourth-order valence-corrected chi connectivity index (χ4v) is 4.23. The maximum absolute atomic E-state index is 13.0. The molecule has 4 nitrogen and oxygen atoms in total. The number of Topliss-reactive ketones (excluding diaryl/α,β-unsaturated/α-hetero) is 1. The number of carbonyl (C=O) groups excluding carboxylic acids is 2. The molecule has 2 heterocycles. The third kappa shape index (κ3) is 3.65. The number of hydrogen-bond acceptors (Lipinski definition) is 3. The highest BCUT2D eigenvalue weighted by Gasteiger charge is 2.30. The molecule has 136 valence electrons. The highest BCUT2D eigenvalue weighted by Crippen LogP contribution is 2.24. The minimum absolute atomic E-state index is 0.0764. The predicted molar refractivity (Wildman–Crippen MR) is 103 cm³/mol. The van der Waals surface area contributed by atoms with Crippen LogP contribution in [-0.4, -0.2) is 54.2 Å². The van der Waals surface area contributed by atoms with E-state index in [1.165, 1.54) is 12.8 Å². The molecule has 1 atom stereocenters. The van der Waals surface area contributed by atoms with Crippen LogP contribution in [0.25, 0.3) is 10.8 Å². The quantitative estimate of drug-likeness (QED) is 0.794. The van der Waals surface area contributed by atoms with E-state index in [1.807, 2.05) is 41.3 Å². The van der Waals surface area contributed by atoms with E-state index >= 15 is 0 Å². The summed E-state index contributed by atoms with van der Waals surface area (Å²) >= 11 is 0. The topological polar surface area (TPSA) is 40.6 Å². The third-order valence-electron chi connectivity index (χ3n) is 5.74. The number of ketones is 1. The van der Waals surface area contributed by atoms with Crippen molar-refractivity contribution in [2.45, 2.75) is 25.7 Å². The number of rotatable bonds is 4. The van der Waals surface area contributed by atoms with Crippen LogP contribution in [0.1, 0.15) is 36.0 Å². The zero-order valence-corrected chi connectivity index (χ0v) is 15.2. The van der Waals surface area contributed by atoms with E-state index in [1.54, 1.807) is 0 Å². The molecular formula is C22H26N2O2. The molecule has 1 amide bonds. The molecule has 0 N–H and O–H groups in total. The van der Waals surface area contributed by atoms with Crippen molar-refractivity contribution in [2.24, 2.45) is 5.92 Å². The van der Waals surface area contributed by atoms with Crippen molar-refractivity contribution in [1.29, 1.82) is 0 Å². The lowest BCUT2D eigenvalue weighted by atomic mass is 9.89. The molecule has 0 aliphatic carbocycles. The monoisotopic (exact) mass is 350 g/mol. The lowest BCUT2D eigenvalue weighted by Gasteiger charge is -2.33. The summed E-state index contributed by atoms with van der Waals surface area (Å²) in [5, 5.41) is 2.24. The second-order valence-electron chi connectivity index (χ2n) is 7.59. The van der Waals surface area contributed by atoms with E-state index < -0.39 is 0 Å². The Morgan fingerprint density at radius 3 is 2.50 bits per heavy atom. The summed E-state index contributed by atoms with van der Waals surface area (Å²) in [7, 11) is 0. The number of amides is 1. The van der Waals surface area contributed by atoms with Crippen molar-refractivity contribution in [3.8, 4) is 0 Å². The average Bonchev–Trinajstić information content (AvgIpc) is 3.20. The minimum Gasteiger partial charge on any atom is -0.341 e. The van der Waals surface area contributed by atoms with Gasteiger partial charge in [-0.25, -0.2) is 0 Å². The molecule has 2 aliphatic rings. The van der Waals surface area contributed by atoms with E-state index in [9.17, 15) is 9.59 Å². The Morgan fingerprint density at radius 1 is 0.923 bits per heavy atom. The fourth-order valence-electron chi connectivity index (χ4n) is 4.23. The van der Waals surface area contributed by atoms with Crippen molar-refractivity contribution in [1.82, 2.24) is 9.80 Å². The Morgan fingerprint density at radius 2 is 1.69 bits per heavy atom. The average molecular weight is 350 g/mol. The van der Waals surface area contributed by atoms with Crippen molar-refractivity contribution < 1.29 is 9.59 Å². The van der Waals surface area contributed by atoms with Gasteiger partial charge in [0, 0.05) is 24.6 Å². The zero-order chi connectivity index (χ0) is 17.9. The third-order valence-corrected chi connectivity index (χ3v) is 5.74. The van der Waals surface area contributed by atoms with Crippen LogP contribution in [0.4, 0.5) is 0 Å². The largest absolute Gasteiger partial charge is 0.341 e. The Kier molecular flexibility index (Phi) is 5.02. The summed E-state index contributed by atoms with van der Waals surface area (Å²) in [6.07, 6.45) is 4.17. The SMILES string of the molecule is O=C(c1ccc2ccccc2c1)C1CCCN(C(=O)CN2CCCC2)C1. The Labute approximate surface area is 154 Å². The number of fused-ring (bicyclic) bond motifs is 1. The van der Waals surface area contributed by atoms with Crippen LogP contribution >= 0.6 is 0 Å². The summed E-state index contributed by atoms with van der Waals surface area (Å²) in [6.45, 7) is 3.92. The lowest BCUT2D eigenvalue weighted by Crippen LogP contribution is -2.46. The zero-order valence-electron chi connectivity index (χ0n) is 15.2. The molecule has 0 radical (unpaired) electrons. The molecule has 0 aromatic heterocycles. The van der Waals surface area contributed by atoms with Gasteiger partial charge in [0.05, 0.1) is 6.54 Å². The van der Waals surface area contributed by atoms with E-state index in [-0.39, 0.29) is 17.6 Å². The van der Waals surface area contributed by atoms with Gasteiger partial charge >= 0.3 is 0 Å². The Bertz CT molecular complexity index is 811. The van der Waals surface area contributed by atoms with Gasteiger partial charge in [-0.1, -0.05) is 36.4 Å². The second kappa shape index (κ2) is 7.58.